The molecule has 0 aliphatic carbocycles. The summed E-state index contributed by atoms with van der Waals surface area (Å²) in [6.45, 7) is 3.46. The van der Waals surface area contributed by atoms with E-state index in [1.165, 1.54) is 0 Å². The van der Waals surface area contributed by atoms with Crippen molar-refractivity contribution in [1.29, 1.82) is 0 Å². The number of carbonyl (C=O) groups excluding carboxylic acids is 1. The van der Waals surface area contributed by atoms with Gasteiger partial charge in [-0.2, -0.15) is 0 Å². The van der Waals surface area contributed by atoms with Gasteiger partial charge in [-0.15, -0.1) is 10.2 Å². The summed E-state index contributed by atoms with van der Waals surface area (Å²) in [5, 5.41) is 13.3. The standard InChI is InChI=1S/C16H19N3O2S/c1-2-3-14-18-19-16(22-14)12-6-4-11(5-7-12)15(20)17-13-8-9-21-10-13/h4-7,13H,2-3,8-10H2,1H3,(H,17,20)/t13-/m1/s1. The van der Waals surface area contributed by atoms with Gasteiger partial charge in [0.05, 0.1) is 12.6 Å². The molecule has 0 saturated carbocycles. The fraction of sp³-hybridized carbons (Fsp3) is 0.438. The third-order valence-corrected chi connectivity index (χ3v) is 4.62. The Kier molecular flexibility index (Phi) is 4.80. The zero-order chi connectivity index (χ0) is 15.4. The van der Waals surface area contributed by atoms with Crippen molar-refractivity contribution < 1.29 is 9.53 Å². The van der Waals surface area contributed by atoms with E-state index in [1.54, 1.807) is 11.3 Å². The van der Waals surface area contributed by atoms with E-state index >= 15 is 0 Å². The number of aryl methyl sites for hydroxylation is 1. The smallest absolute Gasteiger partial charge is 0.251 e. The highest BCUT2D eigenvalue weighted by atomic mass is 32.1. The number of hydrogen-bond acceptors (Lipinski definition) is 5. The summed E-state index contributed by atoms with van der Waals surface area (Å²) in [7, 11) is 0. The maximum Gasteiger partial charge on any atom is 0.251 e. The largest absolute Gasteiger partial charge is 0.379 e. The number of hydrogen-bond donors (Lipinski definition) is 1. The summed E-state index contributed by atoms with van der Waals surface area (Å²) in [6.07, 6.45) is 2.91. The van der Waals surface area contributed by atoms with E-state index in [0.717, 1.165) is 41.4 Å². The second-order valence-electron chi connectivity index (χ2n) is 5.36. The molecule has 0 radical (unpaired) electrons. The van der Waals surface area contributed by atoms with Gasteiger partial charge in [-0.1, -0.05) is 30.4 Å². The van der Waals surface area contributed by atoms with Crippen LogP contribution in [0.25, 0.3) is 10.6 Å². The molecule has 0 spiro atoms. The first-order chi connectivity index (χ1) is 10.8. The normalized spacial score (nSPS) is 17.6. The second-order valence-corrected chi connectivity index (χ2v) is 6.42. The molecule has 2 heterocycles. The number of aromatic nitrogens is 2. The zero-order valence-electron chi connectivity index (χ0n) is 12.5. The van der Waals surface area contributed by atoms with Gasteiger partial charge in [-0.05, 0) is 25.0 Å². The van der Waals surface area contributed by atoms with Gasteiger partial charge < -0.3 is 10.1 Å². The second kappa shape index (κ2) is 6.98. The SMILES string of the molecule is CCCc1nnc(-c2ccc(C(=O)N[C@@H]3CCOC3)cc2)s1. The molecular weight excluding hydrogens is 298 g/mol. The highest BCUT2D eigenvalue weighted by Gasteiger charge is 2.18. The number of ether oxygens (including phenoxy) is 1. The number of nitrogens with one attached hydrogen (secondary N) is 1. The van der Waals surface area contributed by atoms with Crippen LogP contribution in [-0.2, 0) is 11.2 Å². The molecule has 0 unspecified atom stereocenters. The summed E-state index contributed by atoms with van der Waals surface area (Å²) in [5.41, 5.74) is 1.66. The van der Waals surface area contributed by atoms with Crippen molar-refractivity contribution in [2.45, 2.75) is 32.2 Å². The fourth-order valence-electron chi connectivity index (χ4n) is 2.37. The molecule has 22 heavy (non-hydrogen) atoms. The molecule has 1 atom stereocenters. The Morgan fingerprint density at radius 1 is 1.36 bits per heavy atom. The molecule has 3 rings (SSSR count). The number of nitrogens with zero attached hydrogens (tertiary/aromatic N) is 2. The average molecular weight is 317 g/mol. The molecule has 1 aromatic carbocycles. The minimum absolute atomic E-state index is 0.0500. The van der Waals surface area contributed by atoms with E-state index in [0.29, 0.717) is 12.2 Å². The molecule has 1 saturated heterocycles. The van der Waals surface area contributed by atoms with Crippen LogP contribution in [-0.4, -0.2) is 35.4 Å². The molecule has 1 aliphatic heterocycles. The topological polar surface area (TPSA) is 64.1 Å². The fourth-order valence-corrected chi connectivity index (χ4v) is 3.31. The minimum atomic E-state index is -0.0500. The molecule has 1 aromatic heterocycles. The lowest BCUT2D eigenvalue weighted by Crippen LogP contribution is -2.34. The van der Waals surface area contributed by atoms with Crippen molar-refractivity contribution in [3.8, 4) is 10.6 Å². The number of rotatable bonds is 5. The summed E-state index contributed by atoms with van der Waals surface area (Å²) in [6, 6.07) is 7.65. The highest BCUT2D eigenvalue weighted by Crippen LogP contribution is 2.24. The predicted octanol–water partition coefficient (Wildman–Crippen LogP) is 2.68. The van der Waals surface area contributed by atoms with E-state index in [-0.39, 0.29) is 11.9 Å². The van der Waals surface area contributed by atoms with E-state index in [2.05, 4.69) is 22.4 Å². The van der Waals surface area contributed by atoms with E-state index in [4.69, 9.17) is 4.74 Å². The molecule has 6 heteroatoms. The lowest BCUT2D eigenvalue weighted by Gasteiger charge is -2.10. The van der Waals surface area contributed by atoms with E-state index < -0.39 is 0 Å². The van der Waals surface area contributed by atoms with Crippen molar-refractivity contribution in [2.75, 3.05) is 13.2 Å². The van der Waals surface area contributed by atoms with Gasteiger partial charge >= 0.3 is 0 Å². The summed E-state index contributed by atoms with van der Waals surface area (Å²) in [5.74, 6) is -0.0500. The van der Waals surface area contributed by atoms with Gasteiger partial charge in [0.25, 0.3) is 5.91 Å². The molecule has 2 aromatic rings. The summed E-state index contributed by atoms with van der Waals surface area (Å²) >= 11 is 1.61. The molecular formula is C16H19N3O2S. The molecule has 1 aliphatic rings. The number of benzene rings is 1. The van der Waals surface area contributed by atoms with Crippen LogP contribution in [0.2, 0.25) is 0 Å². The first kappa shape index (κ1) is 15.1. The van der Waals surface area contributed by atoms with Crippen LogP contribution < -0.4 is 5.32 Å². The van der Waals surface area contributed by atoms with Crippen LogP contribution in [0.4, 0.5) is 0 Å². The highest BCUT2D eigenvalue weighted by molar-refractivity contribution is 7.14. The lowest BCUT2D eigenvalue weighted by atomic mass is 10.1. The number of carbonyl (C=O) groups is 1. The molecule has 1 N–H and O–H groups in total. The monoisotopic (exact) mass is 317 g/mol. The van der Waals surface area contributed by atoms with Crippen molar-refractivity contribution >= 4 is 17.2 Å². The number of amides is 1. The third kappa shape index (κ3) is 3.51. The Hall–Kier alpha value is -1.79. The van der Waals surface area contributed by atoms with E-state index in [9.17, 15) is 4.79 Å². The Balaban J connectivity index is 1.67. The van der Waals surface area contributed by atoms with Gasteiger partial charge in [0.2, 0.25) is 0 Å². The van der Waals surface area contributed by atoms with Crippen LogP contribution in [0.5, 0.6) is 0 Å². The molecule has 1 fully saturated rings. The first-order valence-electron chi connectivity index (χ1n) is 7.57. The zero-order valence-corrected chi connectivity index (χ0v) is 13.4. The molecule has 116 valence electrons. The van der Waals surface area contributed by atoms with Crippen LogP contribution in [0.1, 0.15) is 35.1 Å². The Morgan fingerprint density at radius 3 is 2.86 bits per heavy atom. The van der Waals surface area contributed by atoms with Crippen LogP contribution in [0, 0.1) is 0 Å². The lowest BCUT2D eigenvalue weighted by molar-refractivity contribution is 0.0930. The predicted molar refractivity (Wildman–Crippen MR) is 86.0 cm³/mol. The van der Waals surface area contributed by atoms with Crippen LogP contribution in [0.3, 0.4) is 0 Å². The quantitative estimate of drug-likeness (QED) is 0.921. The van der Waals surface area contributed by atoms with Crippen molar-refractivity contribution in [3.05, 3.63) is 34.8 Å². The Bertz CT molecular complexity index is 633. The van der Waals surface area contributed by atoms with Gasteiger partial charge in [-0.25, -0.2) is 0 Å². The molecule has 1 amide bonds. The van der Waals surface area contributed by atoms with Crippen LogP contribution in [0.15, 0.2) is 24.3 Å². The summed E-state index contributed by atoms with van der Waals surface area (Å²) in [4.78, 5) is 12.1. The summed E-state index contributed by atoms with van der Waals surface area (Å²) < 4.78 is 5.26. The molecule has 5 nitrogen and oxygen atoms in total. The van der Waals surface area contributed by atoms with Gasteiger partial charge in [-0.3, -0.25) is 4.79 Å². The maximum atomic E-state index is 12.1. The minimum Gasteiger partial charge on any atom is -0.379 e. The third-order valence-electron chi connectivity index (χ3n) is 3.59. The van der Waals surface area contributed by atoms with Crippen molar-refractivity contribution in [2.24, 2.45) is 0 Å². The van der Waals surface area contributed by atoms with Gasteiger partial charge in [0.15, 0.2) is 0 Å². The first-order valence-corrected chi connectivity index (χ1v) is 8.39. The van der Waals surface area contributed by atoms with Crippen molar-refractivity contribution in [1.82, 2.24) is 15.5 Å². The maximum absolute atomic E-state index is 12.1. The Morgan fingerprint density at radius 2 is 2.18 bits per heavy atom. The van der Waals surface area contributed by atoms with Crippen molar-refractivity contribution in [3.63, 3.8) is 0 Å². The van der Waals surface area contributed by atoms with Gasteiger partial charge in [0.1, 0.15) is 10.0 Å². The molecule has 0 bridgehead atoms. The Labute approximate surface area is 133 Å². The van der Waals surface area contributed by atoms with Crippen LogP contribution >= 0.6 is 11.3 Å². The average Bonchev–Trinajstić information content (AvgIpc) is 3.20. The van der Waals surface area contributed by atoms with E-state index in [1.807, 2.05) is 24.3 Å². The van der Waals surface area contributed by atoms with Gasteiger partial charge in [0, 0.05) is 24.2 Å².